The lowest BCUT2D eigenvalue weighted by Gasteiger charge is -2.16. The molecular weight excluding hydrogens is 318 g/mol. The fourth-order valence-electron chi connectivity index (χ4n) is 2.66. The van der Waals surface area contributed by atoms with Gasteiger partial charge in [0.25, 0.3) is 5.91 Å². The number of ether oxygens (including phenoxy) is 1. The summed E-state index contributed by atoms with van der Waals surface area (Å²) >= 11 is 0. The van der Waals surface area contributed by atoms with E-state index in [1.165, 1.54) is 17.9 Å². The molecule has 3 rings (SSSR count). The normalized spacial score (nSPS) is 26.7. The van der Waals surface area contributed by atoms with Crippen molar-refractivity contribution in [2.45, 2.75) is 31.5 Å². The molecule has 11 heteroatoms. The van der Waals surface area contributed by atoms with E-state index in [0.717, 1.165) is 0 Å². The maximum atomic E-state index is 11.8. The maximum Gasteiger partial charge on any atom is 0.251 e. The summed E-state index contributed by atoms with van der Waals surface area (Å²) in [5.74, 6) is -0.0540. The van der Waals surface area contributed by atoms with Gasteiger partial charge in [-0.3, -0.25) is 9.36 Å². The van der Waals surface area contributed by atoms with Crippen LogP contribution >= 0.6 is 0 Å². The van der Waals surface area contributed by atoms with E-state index in [0.29, 0.717) is 23.5 Å². The van der Waals surface area contributed by atoms with E-state index >= 15 is 0 Å². The average Bonchev–Trinajstić information content (AvgIpc) is 3.09. The number of nitrogen functional groups attached to an aromatic ring is 1. The third-order valence-electron chi connectivity index (χ3n) is 3.80. The number of amides is 1. The lowest BCUT2D eigenvalue weighted by atomic mass is 10.1. The molecule has 24 heavy (non-hydrogen) atoms. The summed E-state index contributed by atoms with van der Waals surface area (Å²) in [6.07, 6.45) is -3.54. The van der Waals surface area contributed by atoms with E-state index < -0.39 is 30.4 Å². The first-order valence-corrected chi connectivity index (χ1v) is 7.45. The Morgan fingerprint density at radius 1 is 1.42 bits per heavy atom. The summed E-state index contributed by atoms with van der Waals surface area (Å²) in [7, 11) is 1.42. The minimum absolute atomic E-state index is 0.0242. The first kappa shape index (κ1) is 16.4. The fourth-order valence-corrected chi connectivity index (χ4v) is 2.66. The molecule has 0 spiro atoms. The summed E-state index contributed by atoms with van der Waals surface area (Å²) in [6, 6.07) is 0. The van der Waals surface area contributed by atoms with Gasteiger partial charge < -0.3 is 31.3 Å². The highest BCUT2D eigenvalue weighted by molar-refractivity contribution is 5.84. The summed E-state index contributed by atoms with van der Waals surface area (Å²) < 4.78 is 6.94. The van der Waals surface area contributed by atoms with Crippen molar-refractivity contribution in [3.63, 3.8) is 0 Å². The zero-order chi connectivity index (χ0) is 17.4. The van der Waals surface area contributed by atoms with E-state index in [1.807, 2.05) is 6.92 Å². The molecule has 0 bridgehead atoms. The molecule has 1 fully saturated rings. The number of aromatic nitrogens is 4. The number of rotatable bonds is 4. The molecule has 1 amide bonds. The number of nitrogens with two attached hydrogens (primary N) is 1. The minimum Gasteiger partial charge on any atom is -0.387 e. The van der Waals surface area contributed by atoms with Crippen LogP contribution in [-0.4, -0.2) is 67.5 Å². The van der Waals surface area contributed by atoms with Crippen molar-refractivity contribution < 1.29 is 19.7 Å². The number of nitrogens with zero attached hydrogens (tertiary/aromatic N) is 4. The Labute approximate surface area is 136 Å². The van der Waals surface area contributed by atoms with Crippen LogP contribution in [0.5, 0.6) is 0 Å². The molecule has 2 aromatic rings. The molecule has 1 aliphatic heterocycles. The Morgan fingerprint density at radius 2 is 2.17 bits per heavy atom. The summed E-state index contributed by atoms with van der Waals surface area (Å²) in [6.45, 7) is 2.51. The average molecular weight is 337 g/mol. The van der Waals surface area contributed by atoms with Gasteiger partial charge in [-0.05, 0) is 6.92 Å². The number of nitrogens with one attached hydrogen (secondary N) is 2. The van der Waals surface area contributed by atoms with Gasteiger partial charge >= 0.3 is 0 Å². The molecule has 3 heterocycles. The summed E-state index contributed by atoms with van der Waals surface area (Å²) in [5, 5.41) is 25.7. The molecule has 11 nitrogen and oxygen atoms in total. The van der Waals surface area contributed by atoms with Gasteiger partial charge in [0, 0.05) is 13.6 Å². The molecular formula is C13H19N7O4. The van der Waals surface area contributed by atoms with Crippen LogP contribution in [0.3, 0.4) is 0 Å². The number of carbonyl (C=O) groups is 1. The Hall–Kier alpha value is -2.50. The van der Waals surface area contributed by atoms with Crippen molar-refractivity contribution >= 4 is 28.8 Å². The zero-order valence-electron chi connectivity index (χ0n) is 13.2. The number of aliphatic hydroxyl groups is 2. The topological polar surface area (TPSA) is 160 Å². The van der Waals surface area contributed by atoms with Gasteiger partial charge in [0.05, 0.1) is 6.33 Å². The molecule has 2 aromatic heterocycles. The third kappa shape index (κ3) is 2.52. The molecule has 0 unspecified atom stereocenters. The van der Waals surface area contributed by atoms with Crippen LogP contribution in [0.2, 0.25) is 0 Å². The Balaban J connectivity index is 2.02. The third-order valence-corrected chi connectivity index (χ3v) is 3.80. The van der Waals surface area contributed by atoms with Crippen LogP contribution in [0, 0.1) is 0 Å². The number of hydrogen-bond donors (Lipinski definition) is 5. The van der Waals surface area contributed by atoms with Crippen molar-refractivity contribution in [2.75, 3.05) is 24.6 Å². The van der Waals surface area contributed by atoms with E-state index in [9.17, 15) is 15.0 Å². The number of anilines is 2. The van der Waals surface area contributed by atoms with Gasteiger partial charge in [-0.25, -0.2) is 4.98 Å². The van der Waals surface area contributed by atoms with E-state index in [2.05, 4.69) is 25.6 Å². The predicted molar refractivity (Wildman–Crippen MR) is 83.9 cm³/mol. The maximum absolute atomic E-state index is 11.8. The van der Waals surface area contributed by atoms with Crippen molar-refractivity contribution in [2.24, 2.45) is 0 Å². The monoisotopic (exact) mass is 337 g/mol. The van der Waals surface area contributed by atoms with E-state index in [1.54, 1.807) is 0 Å². The molecule has 0 saturated carbocycles. The first-order valence-electron chi connectivity index (χ1n) is 7.45. The fraction of sp³-hybridized carbons (Fsp3) is 0.538. The van der Waals surface area contributed by atoms with Crippen LogP contribution in [0.25, 0.3) is 11.2 Å². The molecule has 1 aliphatic rings. The second-order valence-electron chi connectivity index (χ2n) is 5.33. The molecule has 1 saturated heterocycles. The number of likely N-dealkylation sites (N-methyl/N-ethyl adjacent to an activating group) is 1. The van der Waals surface area contributed by atoms with Crippen molar-refractivity contribution in [1.82, 2.24) is 24.8 Å². The molecule has 4 atom stereocenters. The second-order valence-corrected chi connectivity index (χ2v) is 5.33. The van der Waals surface area contributed by atoms with Crippen LogP contribution in [0.15, 0.2) is 6.33 Å². The highest BCUT2D eigenvalue weighted by Gasteiger charge is 2.47. The lowest BCUT2D eigenvalue weighted by Crippen LogP contribution is -2.41. The summed E-state index contributed by atoms with van der Waals surface area (Å²) in [5.41, 5.74) is 6.49. The quantitative estimate of drug-likeness (QED) is 0.434. The molecule has 0 aliphatic carbocycles. The lowest BCUT2D eigenvalue weighted by molar-refractivity contribution is -0.137. The Bertz CT molecular complexity index is 764. The standard InChI is InChI=1S/C13H19N7O4/c1-3-16-9-5-10(19-13(14)18-9)20(4-17-5)12-7(22)6(21)8(24-12)11(23)15-2/h4,6-8,12,21-22H,3H2,1-2H3,(H,15,23)(H3,14,16,18,19)/t6-,7+,8-,12+/m0/s1. The van der Waals surface area contributed by atoms with Gasteiger partial charge in [-0.15, -0.1) is 0 Å². The SMILES string of the molecule is CCNc1nc(N)nc2c1ncn2[C@@H]1O[C@H](C(=O)NC)[C@@H](O)[C@H]1O. The Kier molecular flexibility index (Phi) is 4.22. The molecule has 130 valence electrons. The van der Waals surface area contributed by atoms with Gasteiger partial charge in [0.2, 0.25) is 5.95 Å². The number of carbonyl (C=O) groups excluding carboxylic acids is 1. The molecule has 0 radical (unpaired) electrons. The van der Waals surface area contributed by atoms with Crippen LogP contribution in [0.4, 0.5) is 11.8 Å². The largest absolute Gasteiger partial charge is 0.387 e. The van der Waals surface area contributed by atoms with E-state index in [-0.39, 0.29) is 5.95 Å². The van der Waals surface area contributed by atoms with E-state index in [4.69, 9.17) is 10.5 Å². The highest BCUT2D eigenvalue weighted by Crippen LogP contribution is 2.32. The molecule has 0 aromatic carbocycles. The number of aliphatic hydroxyl groups excluding tert-OH is 2. The van der Waals surface area contributed by atoms with Gasteiger partial charge in [-0.2, -0.15) is 9.97 Å². The van der Waals surface area contributed by atoms with Crippen molar-refractivity contribution in [1.29, 1.82) is 0 Å². The van der Waals surface area contributed by atoms with Crippen molar-refractivity contribution in [3.05, 3.63) is 6.33 Å². The number of hydrogen-bond acceptors (Lipinski definition) is 9. The summed E-state index contributed by atoms with van der Waals surface area (Å²) in [4.78, 5) is 24.2. The minimum atomic E-state index is -1.38. The van der Waals surface area contributed by atoms with Gasteiger partial charge in [-0.1, -0.05) is 0 Å². The number of fused-ring (bicyclic) bond motifs is 1. The van der Waals surface area contributed by atoms with Crippen LogP contribution in [0.1, 0.15) is 13.2 Å². The first-order chi connectivity index (χ1) is 11.5. The van der Waals surface area contributed by atoms with Crippen molar-refractivity contribution in [3.8, 4) is 0 Å². The van der Waals surface area contributed by atoms with Gasteiger partial charge in [0.1, 0.15) is 12.2 Å². The number of imidazole rings is 1. The zero-order valence-corrected chi connectivity index (χ0v) is 13.2. The molecule has 6 N–H and O–H groups in total. The smallest absolute Gasteiger partial charge is 0.251 e. The van der Waals surface area contributed by atoms with Crippen LogP contribution in [-0.2, 0) is 9.53 Å². The second kappa shape index (κ2) is 6.19. The highest BCUT2D eigenvalue weighted by atomic mass is 16.6. The Morgan fingerprint density at radius 3 is 2.83 bits per heavy atom. The predicted octanol–water partition coefficient (Wildman–Crippen LogP) is -1.79. The van der Waals surface area contributed by atoms with Crippen LogP contribution < -0.4 is 16.4 Å². The van der Waals surface area contributed by atoms with Gasteiger partial charge in [0.15, 0.2) is 29.3 Å².